The lowest BCUT2D eigenvalue weighted by Gasteiger charge is -2.11. The maximum Gasteiger partial charge on any atom is 0.338 e. The number of rotatable bonds is 6. The average molecular weight is 452 g/mol. The van der Waals surface area contributed by atoms with Gasteiger partial charge in [0.2, 0.25) is 0 Å². The molecule has 0 saturated carbocycles. The van der Waals surface area contributed by atoms with Gasteiger partial charge < -0.3 is 9.47 Å². The molecule has 3 aromatic rings. The Morgan fingerprint density at radius 2 is 1.15 bits per heavy atom. The molecule has 0 radical (unpaired) electrons. The van der Waals surface area contributed by atoms with Crippen LogP contribution in [0.25, 0.3) is 22.3 Å². The first kappa shape index (κ1) is 23.5. The van der Waals surface area contributed by atoms with Gasteiger partial charge in [-0.15, -0.1) is 0 Å². The van der Waals surface area contributed by atoms with Gasteiger partial charge in [-0.1, -0.05) is 31.4 Å². The number of ether oxygens (including phenoxy) is 2. The van der Waals surface area contributed by atoms with Gasteiger partial charge in [-0.25, -0.2) is 22.8 Å². The molecule has 168 valence electrons. The van der Waals surface area contributed by atoms with Crippen LogP contribution in [-0.4, -0.2) is 11.9 Å². The Labute approximate surface area is 188 Å². The third kappa shape index (κ3) is 5.38. The molecule has 3 aromatic carbocycles. The van der Waals surface area contributed by atoms with Crippen molar-refractivity contribution < 1.29 is 32.2 Å². The molecule has 0 bridgehead atoms. The van der Waals surface area contributed by atoms with E-state index in [-0.39, 0.29) is 33.8 Å². The average Bonchev–Trinajstić information content (AvgIpc) is 2.75. The number of carbonyl (C=O) groups is 2. The molecule has 0 saturated heterocycles. The molecular formula is C26H19F3O4. The predicted octanol–water partition coefficient (Wildman–Crippen LogP) is 6.40. The monoisotopic (exact) mass is 452 g/mol. The van der Waals surface area contributed by atoms with E-state index in [2.05, 4.69) is 13.2 Å². The Morgan fingerprint density at radius 1 is 0.667 bits per heavy atom. The summed E-state index contributed by atoms with van der Waals surface area (Å²) in [6, 6.07) is 11.4. The summed E-state index contributed by atoms with van der Waals surface area (Å²) in [4.78, 5) is 23.1. The molecule has 0 aliphatic carbocycles. The molecule has 0 atom stereocenters. The van der Waals surface area contributed by atoms with Crippen molar-refractivity contribution in [3.63, 3.8) is 0 Å². The lowest BCUT2D eigenvalue weighted by molar-refractivity contribution is -0.131. The molecule has 0 N–H and O–H groups in total. The summed E-state index contributed by atoms with van der Waals surface area (Å²) in [6.45, 7) is 9.77. The minimum absolute atomic E-state index is 0.0264. The fourth-order valence-electron chi connectivity index (χ4n) is 2.84. The van der Waals surface area contributed by atoms with Crippen molar-refractivity contribution in [2.45, 2.75) is 13.8 Å². The normalized spacial score (nSPS) is 10.5. The zero-order valence-corrected chi connectivity index (χ0v) is 17.9. The van der Waals surface area contributed by atoms with Crippen LogP contribution in [0.4, 0.5) is 13.2 Å². The van der Waals surface area contributed by atoms with Crippen molar-refractivity contribution in [1.29, 1.82) is 0 Å². The fourth-order valence-corrected chi connectivity index (χ4v) is 2.84. The summed E-state index contributed by atoms with van der Waals surface area (Å²) in [5, 5.41) is 0. The molecule has 33 heavy (non-hydrogen) atoms. The quantitative estimate of drug-likeness (QED) is 0.247. The summed E-state index contributed by atoms with van der Waals surface area (Å²) < 4.78 is 53.6. The first-order chi connectivity index (χ1) is 15.6. The molecular weight excluding hydrogens is 433 g/mol. The van der Waals surface area contributed by atoms with Crippen molar-refractivity contribution in [2.24, 2.45) is 0 Å². The smallest absolute Gasteiger partial charge is 0.338 e. The second kappa shape index (κ2) is 9.56. The molecule has 0 aliphatic heterocycles. The van der Waals surface area contributed by atoms with Gasteiger partial charge in [-0.2, -0.15) is 0 Å². The number of hydrogen-bond donors (Lipinski definition) is 0. The van der Waals surface area contributed by atoms with E-state index in [4.69, 9.17) is 9.47 Å². The van der Waals surface area contributed by atoms with Gasteiger partial charge >= 0.3 is 11.9 Å². The molecule has 0 fully saturated rings. The first-order valence-corrected chi connectivity index (χ1v) is 9.71. The van der Waals surface area contributed by atoms with Crippen LogP contribution in [0.5, 0.6) is 11.5 Å². The van der Waals surface area contributed by atoms with Crippen LogP contribution in [0.15, 0.2) is 78.9 Å². The summed E-state index contributed by atoms with van der Waals surface area (Å²) in [5.41, 5.74) is 0.866. The largest absolute Gasteiger partial charge is 0.423 e. The van der Waals surface area contributed by atoms with Crippen LogP contribution in [0.2, 0.25) is 0 Å². The Balaban J connectivity index is 1.87. The molecule has 3 rings (SSSR count). The Kier molecular flexibility index (Phi) is 6.82. The van der Waals surface area contributed by atoms with Crippen LogP contribution in [-0.2, 0) is 9.59 Å². The van der Waals surface area contributed by atoms with Gasteiger partial charge in [0.1, 0.15) is 17.4 Å². The lowest BCUT2D eigenvalue weighted by atomic mass is 9.99. The highest BCUT2D eigenvalue weighted by Gasteiger charge is 2.16. The van der Waals surface area contributed by atoms with Gasteiger partial charge in [0.05, 0.1) is 0 Å². The van der Waals surface area contributed by atoms with E-state index >= 15 is 0 Å². The molecule has 0 aromatic heterocycles. The van der Waals surface area contributed by atoms with Gasteiger partial charge in [0, 0.05) is 28.3 Å². The standard InChI is InChI=1S/C26H19F3O4/c1-14(2)25(30)32-18-7-9-20(22(28)13-18)19-8-5-16(11-21(19)27)17-6-10-24(23(29)12-17)33-26(31)15(3)4/h5-13H,1,3H2,2,4H3. The van der Waals surface area contributed by atoms with E-state index in [0.717, 1.165) is 18.2 Å². The van der Waals surface area contributed by atoms with Crippen LogP contribution < -0.4 is 9.47 Å². The van der Waals surface area contributed by atoms with Crippen molar-refractivity contribution in [3.05, 3.63) is 96.4 Å². The van der Waals surface area contributed by atoms with Crippen LogP contribution in [0, 0.1) is 17.5 Å². The Hall–Kier alpha value is -4.13. The van der Waals surface area contributed by atoms with Gasteiger partial charge in [-0.3, -0.25) is 0 Å². The van der Waals surface area contributed by atoms with Crippen LogP contribution in [0.1, 0.15) is 13.8 Å². The van der Waals surface area contributed by atoms with Crippen molar-refractivity contribution >= 4 is 11.9 Å². The fraction of sp³-hybridized carbons (Fsp3) is 0.0769. The van der Waals surface area contributed by atoms with Crippen LogP contribution in [0.3, 0.4) is 0 Å². The number of hydrogen-bond acceptors (Lipinski definition) is 4. The molecule has 0 heterocycles. The highest BCUT2D eigenvalue weighted by molar-refractivity contribution is 5.89. The summed E-state index contributed by atoms with van der Waals surface area (Å²) in [5.74, 6) is -4.12. The van der Waals surface area contributed by atoms with Gasteiger partial charge in [0.25, 0.3) is 0 Å². The molecule has 0 amide bonds. The van der Waals surface area contributed by atoms with E-state index in [1.165, 1.54) is 50.2 Å². The van der Waals surface area contributed by atoms with Gasteiger partial charge in [0.15, 0.2) is 11.6 Å². The molecule has 0 spiro atoms. The second-order valence-electron chi connectivity index (χ2n) is 7.32. The molecule has 7 heteroatoms. The van der Waals surface area contributed by atoms with E-state index in [9.17, 15) is 22.8 Å². The third-order valence-electron chi connectivity index (χ3n) is 4.58. The SMILES string of the molecule is C=C(C)C(=O)Oc1ccc(-c2ccc(-c3ccc(OC(=O)C(=C)C)c(F)c3)cc2F)c(F)c1. The summed E-state index contributed by atoms with van der Waals surface area (Å²) in [7, 11) is 0. The predicted molar refractivity (Wildman–Crippen MR) is 118 cm³/mol. The van der Waals surface area contributed by atoms with E-state index < -0.39 is 29.4 Å². The number of halogens is 3. The number of benzene rings is 3. The highest BCUT2D eigenvalue weighted by Crippen LogP contribution is 2.32. The Bertz CT molecular complexity index is 1290. The zero-order valence-electron chi connectivity index (χ0n) is 17.9. The van der Waals surface area contributed by atoms with Crippen LogP contribution >= 0.6 is 0 Å². The highest BCUT2D eigenvalue weighted by atomic mass is 19.1. The van der Waals surface area contributed by atoms with E-state index in [0.29, 0.717) is 11.1 Å². The van der Waals surface area contributed by atoms with Crippen molar-refractivity contribution in [3.8, 4) is 33.8 Å². The second-order valence-corrected chi connectivity index (χ2v) is 7.32. The first-order valence-electron chi connectivity index (χ1n) is 9.71. The maximum absolute atomic E-state index is 14.8. The maximum atomic E-state index is 14.8. The van der Waals surface area contributed by atoms with Gasteiger partial charge in [-0.05, 0) is 55.3 Å². The lowest BCUT2D eigenvalue weighted by Crippen LogP contribution is -2.09. The molecule has 4 nitrogen and oxygen atoms in total. The van der Waals surface area contributed by atoms with E-state index in [1.807, 2.05) is 0 Å². The number of carbonyl (C=O) groups excluding carboxylic acids is 2. The minimum Gasteiger partial charge on any atom is -0.423 e. The van der Waals surface area contributed by atoms with Crippen molar-refractivity contribution in [2.75, 3.05) is 0 Å². The summed E-state index contributed by atoms with van der Waals surface area (Å²) >= 11 is 0. The summed E-state index contributed by atoms with van der Waals surface area (Å²) in [6.07, 6.45) is 0. The molecule has 0 unspecified atom stereocenters. The topological polar surface area (TPSA) is 52.6 Å². The minimum atomic E-state index is -0.808. The number of esters is 2. The Morgan fingerprint density at radius 3 is 1.67 bits per heavy atom. The molecule has 0 aliphatic rings. The third-order valence-corrected chi connectivity index (χ3v) is 4.58. The zero-order chi connectivity index (χ0) is 24.3. The van der Waals surface area contributed by atoms with Crippen molar-refractivity contribution in [1.82, 2.24) is 0 Å². The van der Waals surface area contributed by atoms with E-state index in [1.54, 1.807) is 0 Å².